The number of carbonyl (C=O) groups excluding carboxylic acids is 1. The van der Waals surface area contributed by atoms with E-state index in [1.54, 1.807) is 6.07 Å². The van der Waals surface area contributed by atoms with Crippen molar-refractivity contribution in [2.45, 2.75) is 6.18 Å². The van der Waals surface area contributed by atoms with Crippen molar-refractivity contribution < 1.29 is 27.1 Å². The predicted molar refractivity (Wildman–Crippen MR) is 117 cm³/mol. The molecular weight excluding hydrogens is 456 g/mol. The van der Waals surface area contributed by atoms with Gasteiger partial charge in [-0.15, -0.1) is 0 Å². The van der Waals surface area contributed by atoms with Crippen LogP contribution < -0.4 is 16.0 Å². The molecular formula is C22H20F4N6O2. The first-order chi connectivity index (χ1) is 16.1. The fourth-order valence-electron chi connectivity index (χ4n) is 3.49. The summed E-state index contributed by atoms with van der Waals surface area (Å²) in [6.07, 6.45) is -4.82. The number of aromatic nitrogens is 2. The minimum Gasteiger partial charge on any atom is -0.384 e. The number of halogens is 4. The molecule has 1 aliphatic rings. The summed E-state index contributed by atoms with van der Waals surface area (Å²) in [5.41, 5.74) is 4.42. The van der Waals surface area contributed by atoms with Gasteiger partial charge in [0, 0.05) is 30.4 Å². The monoisotopic (exact) mass is 476 g/mol. The Morgan fingerprint density at radius 2 is 1.82 bits per heavy atom. The molecule has 12 heteroatoms. The number of nitrogens with one attached hydrogen (secondary N) is 2. The second kappa shape index (κ2) is 9.14. The Bertz CT molecular complexity index is 1230. The molecule has 4 rings (SSSR count). The van der Waals surface area contributed by atoms with Crippen molar-refractivity contribution in [1.29, 1.82) is 5.41 Å². The second-order valence-electron chi connectivity index (χ2n) is 7.51. The fourth-order valence-corrected chi connectivity index (χ4v) is 3.49. The smallest absolute Gasteiger partial charge is 0.384 e. The number of anilines is 2. The maximum atomic E-state index is 14.7. The molecule has 2 heterocycles. The summed E-state index contributed by atoms with van der Waals surface area (Å²) >= 11 is 0. The van der Waals surface area contributed by atoms with Crippen molar-refractivity contribution in [2.75, 3.05) is 36.5 Å². The average molecular weight is 476 g/mol. The van der Waals surface area contributed by atoms with Gasteiger partial charge < -0.3 is 20.7 Å². The third-order valence-corrected chi connectivity index (χ3v) is 5.21. The molecule has 1 aromatic heterocycles. The van der Waals surface area contributed by atoms with E-state index in [2.05, 4.69) is 10.4 Å². The number of benzene rings is 2. The van der Waals surface area contributed by atoms with Gasteiger partial charge in [0.2, 0.25) is 0 Å². The molecule has 0 aliphatic carbocycles. The Labute approximate surface area is 191 Å². The largest absolute Gasteiger partial charge is 0.435 e. The van der Waals surface area contributed by atoms with Gasteiger partial charge >= 0.3 is 6.18 Å². The molecule has 1 amide bonds. The molecule has 1 aliphatic heterocycles. The summed E-state index contributed by atoms with van der Waals surface area (Å²) in [7, 11) is 0. The van der Waals surface area contributed by atoms with Crippen molar-refractivity contribution >= 4 is 23.1 Å². The van der Waals surface area contributed by atoms with Gasteiger partial charge in [-0.1, -0.05) is 12.1 Å². The zero-order valence-corrected chi connectivity index (χ0v) is 17.7. The Morgan fingerprint density at radius 1 is 1.09 bits per heavy atom. The lowest BCUT2D eigenvalue weighted by Crippen LogP contribution is -2.36. The summed E-state index contributed by atoms with van der Waals surface area (Å²) in [4.78, 5) is 14.8. The summed E-state index contributed by atoms with van der Waals surface area (Å²) in [5, 5.41) is 13.4. The van der Waals surface area contributed by atoms with E-state index in [9.17, 15) is 22.4 Å². The van der Waals surface area contributed by atoms with Crippen molar-refractivity contribution in [3.63, 3.8) is 0 Å². The van der Waals surface area contributed by atoms with Crippen molar-refractivity contribution in [3.05, 3.63) is 71.3 Å². The van der Waals surface area contributed by atoms with Gasteiger partial charge in [-0.3, -0.25) is 10.2 Å². The minimum atomic E-state index is -4.82. The number of hydrogen-bond acceptors (Lipinski definition) is 5. The molecule has 1 saturated heterocycles. The summed E-state index contributed by atoms with van der Waals surface area (Å²) < 4.78 is 60.8. The van der Waals surface area contributed by atoms with Crippen LogP contribution in [0.5, 0.6) is 0 Å². The number of hydrogen-bond donors (Lipinski definition) is 3. The van der Waals surface area contributed by atoms with E-state index in [0.29, 0.717) is 38.1 Å². The van der Waals surface area contributed by atoms with Gasteiger partial charge in [0.15, 0.2) is 5.69 Å². The average Bonchev–Trinajstić information content (AvgIpc) is 3.27. The molecule has 0 bridgehead atoms. The highest BCUT2D eigenvalue weighted by atomic mass is 19.4. The van der Waals surface area contributed by atoms with Crippen LogP contribution in [-0.2, 0) is 10.9 Å². The van der Waals surface area contributed by atoms with Crippen LogP contribution in [0.1, 0.15) is 21.7 Å². The number of nitrogens with two attached hydrogens (primary N) is 1. The summed E-state index contributed by atoms with van der Waals surface area (Å²) in [5.74, 6) is -2.04. The molecule has 0 atom stereocenters. The SMILES string of the molecule is N=C(N)c1cccc(-n2nc(C(F)(F)F)cc2C(=O)Nc2ccc(N3CCOCC3)cc2F)c1. The number of morpholine rings is 1. The number of amidine groups is 1. The van der Waals surface area contributed by atoms with Crippen molar-refractivity contribution in [1.82, 2.24) is 9.78 Å². The molecule has 4 N–H and O–H groups in total. The Kier molecular flexibility index (Phi) is 6.24. The van der Waals surface area contributed by atoms with E-state index in [1.807, 2.05) is 4.90 Å². The first-order valence-electron chi connectivity index (χ1n) is 10.2. The van der Waals surface area contributed by atoms with Crippen LogP contribution in [0.3, 0.4) is 0 Å². The van der Waals surface area contributed by atoms with Crippen LogP contribution in [0.15, 0.2) is 48.5 Å². The highest BCUT2D eigenvalue weighted by molar-refractivity contribution is 6.04. The summed E-state index contributed by atoms with van der Waals surface area (Å²) in [6, 6.07) is 10.5. The number of nitrogens with zero attached hydrogens (tertiary/aromatic N) is 3. The first kappa shape index (κ1) is 23.2. The highest BCUT2D eigenvalue weighted by Gasteiger charge is 2.36. The van der Waals surface area contributed by atoms with Crippen LogP contribution in [0, 0.1) is 11.2 Å². The Hall–Kier alpha value is -3.93. The van der Waals surface area contributed by atoms with Gasteiger partial charge in [0.1, 0.15) is 17.3 Å². The number of ether oxygens (including phenoxy) is 1. The molecule has 2 aromatic carbocycles. The number of rotatable bonds is 5. The standard InChI is InChI=1S/C22H20F4N6O2/c23-16-11-14(31-6-8-34-9-7-31)4-5-17(16)29-21(33)18-12-19(22(24,25)26)30-32(18)15-3-1-2-13(10-15)20(27)28/h1-5,10-12H,6-9H2,(H3,27,28)(H,29,33). The van der Waals surface area contributed by atoms with Crippen LogP contribution in [0.4, 0.5) is 28.9 Å². The predicted octanol–water partition coefficient (Wildman–Crippen LogP) is 3.40. The molecule has 0 unspecified atom stereocenters. The fraction of sp³-hybridized carbons (Fsp3) is 0.227. The van der Waals surface area contributed by atoms with Gasteiger partial charge in [0.05, 0.1) is 24.6 Å². The van der Waals surface area contributed by atoms with Gasteiger partial charge in [-0.25, -0.2) is 9.07 Å². The summed E-state index contributed by atoms with van der Waals surface area (Å²) in [6.45, 7) is 2.20. The molecule has 178 valence electrons. The molecule has 8 nitrogen and oxygen atoms in total. The lowest BCUT2D eigenvalue weighted by molar-refractivity contribution is -0.141. The molecule has 3 aromatic rings. The number of alkyl halides is 3. The van der Waals surface area contributed by atoms with E-state index in [0.717, 1.165) is 4.68 Å². The van der Waals surface area contributed by atoms with Gasteiger partial charge in [-0.05, 0) is 30.3 Å². The maximum Gasteiger partial charge on any atom is 0.435 e. The lowest BCUT2D eigenvalue weighted by atomic mass is 10.2. The third-order valence-electron chi connectivity index (χ3n) is 5.21. The molecule has 34 heavy (non-hydrogen) atoms. The van der Waals surface area contributed by atoms with Crippen LogP contribution in [0.2, 0.25) is 0 Å². The number of carbonyl (C=O) groups is 1. The zero-order chi connectivity index (χ0) is 24.5. The zero-order valence-electron chi connectivity index (χ0n) is 17.7. The van der Waals surface area contributed by atoms with Crippen molar-refractivity contribution in [2.24, 2.45) is 5.73 Å². The van der Waals surface area contributed by atoms with E-state index in [1.165, 1.54) is 36.4 Å². The third kappa shape index (κ3) is 4.86. The van der Waals surface area contributed by atoms with E-state index in [4.69, 9.17) is 15.9 Å². The number of nitrogen functional groups attached to an aromatic ring is 1. The topological polar surface area (TPSA) is 109 Å². The lowest BCUT2D eigenvalue weighted by Gasteiger charge is -2.29. The quantitative estimate of drug-likeness (QED) is 0.297. The number of amides is 1. The van der Waals surface area contributed by atoms with E-state index in [-0.39, 0.29) is 22.8 Å². The minimum absolute atomic E-state index is 0.0801. The Morgan fingerprint density at radius 3 is 2.47 bits per heavy atom. The van der Waals surface area contributed by atoms with E-state index >= 15 is 0 Å². The molecule has 1 fully saturated rings. The molecule has 0 radical (unpaired) electrons. The van der Waals surface area contributed by atoms with Crippen LogP contribution in [-0.4, -0.2) is 47.8 Å². The van der Waals surface area contributed by atoms with Gasteiger partial charge in [-0.2, -0.15) is 18.3 Å². The van der Waals surface area contributed by atoms with Crippen LogP contribution in [0.25, 0.3) is 5.69 Å². The molecule has 0 saturated carbocycles. The Balaban J connectivity index is 1.66. The normalized spacial score (nSPS) is 14.2. The highest BCUT2D eigenvalue weighted by Crippen LogP contribution is 2.30. The second-order valence-corrected chi connectivity index (χ2v) is 7.51. The van der Waals surface area contributed by atoms with Crippen molar-refractivity contribution in [3.8, 4) is 5.69 Å². The van der Waals surface area contributed by atoms with E-state index < -0.39 is 29.3 Å². The first-order valence-corrected chi connectivity index (χ1v) is 10.2. The van der Waals surface area contributed by atoms with Gasteiger partial charge in [0.25, 0.3) is 5.91 Å². The maximum absolute atomic E-state index is 14.7. The van der Waals surface area contributed by atoms with Crippen LogP contribution >= 0.6 is 0 Å². The molecule has 0 spiro atoms.